The molecule has 0 aromatic rings. The van der Waals surface area contributed by atoms with Crippen LogP contribution in [-0.2, 0) is 14.4 Å². The predicted octanol–water partition coefficient (Wildman–Crippen LogP) is -1.79. The number of rotatable bonds is 4. The number of carbonyl (C=O) groups is 3. The summed E-state index contributed by atoms with van der Waals surface area (Å²) in [4.78, 5) is 38.4. The second kappa shape index (κ2) is 6.86. The minimum atomic E-state index is -1.08. The molecule has 1 unspecified atom stereocenters. The maximum absolute atomic E-state index is 12.4. The van der Waals surface area contributed by atoms with E-state index in [0.29, 0.717) is 13.1 Å². The number of piperidine rings is 1. The van der Waals surface area contributed by atoms with E-state index >= 15 is 0 Å². The van der Waals surface area contributed by atoms with Gasteiger partial charge in [0.25, 0.3) is 0 Å². The first-order chi connectivity index (χ1) is 9.97. The minimum Gasteiger partial charge on any atom is -0.481 e. The summed E-state index contributed by atoms with van der Waals surface area (Å²) in [5.74, 6) is -1.66. The lowest BCUT2D eigenvalue weighted by Crippen LogP contribution is -2.59. The largest absolute Gasteiger partial charge is 0.481 e. The van der Waals surface area contributed by atoms with Crippen LogP contribution < -0.4 is 11.1 Å². The van der Waals surface area contributed by atoms with Crippen molar-refractivity contribution >= 4 is 17.8 Å². The number of aliphatic carboxylic acids is 1. The van der Waals surface area contributed by atoms with Crippen LogP contribution in [0.5, 0.6) is 0 Å². The molecule has 2 rings (SSSR count). The predicted molar refractivity (Wildman–Crippen MR) is 74.4 cm³/mol. The van der Waals surface area contributed by atoms with Gasteiger partial charge in [0.2, 0.25) is 11.8 Å². The first-order valence-corrected chi connectivity index (χ1v) is 7.24. The van der Waals surface area contributed by atoms with Crippen molar-refractivity contribution in [3.05, 3.63) is 0 Å². The number of nitrogens with zero attached hydrogens (tertiary/aromatic N) is 2. The van der Waals surface area contributed by atoms with E-state index in [2.05, 4.69) is 5.32 Å². The van der Waals surface area contributed by atoms with E-state index in [1.807, 2.05) is 4.90 Å². The Hall–Kier alpha value is -1.67. The zero-order valence-corrected chi connectivity index (χ0v) is 12.0. The molecule has 2 aliphatic heterocycles. The topological polar surface area (TPSA) is 116 Å². The number of nitrogens with two attached hydrogens (primary N) is 1. The Bertz CT molecular complexity index is 420. The molecule has 0 spiro atoms. The zero-order chi connectivity index (χ0) is 15.4. The van der Waals surface area contributed by atoms with Gasteiger partial charge in [-0.1, -0.05) is 0 Å². The Balaban J connectivity index is 1.95. The Morgan fingerprint density at radius 2 is 1.95 bits per heavy atom. The Labute approximate surface area is 123 Å². The van der Waals surface area contributed by atoms with E-state index in [1.54, 1.807) is 0 Å². The van der Waals surface area contributed by atoms with Crippen LogP contribution in [0.1, 0.15) is 19.3 Å². The van der Waals surface area contributed by atoms with Gasteiger partial charge >= 0.3 is 5.97 Å². The van der Waals surface area contributed by atoms with Gasteiger partial charge < -0.3 is 21.1 Å². The molecular formula is C13H22N4O4. The maximum Gasteiger partial charge on any atom is 0.305 e. The van der Waals surface area contributed by atoms with Gasteiger partial charge in [-0.15, -0.1) is 0 Å². The van der Waals surface area contributed by atoms with Crippen LogP contribution in [0, 0.1) is 0 Å². The zero-order valence-electron chi connectivity index (χ0n) is 12.0. The van der Waals surface area contributed by atoms with Crippen LogP contribution in [-0.4, -0.2) is 77.5 Å². The van der Waals surface area contributed by atoms with E-state index in [0.717, 1.165) is 25.9 Å². The first-order valence-electron chi connectivity index (χ1n) is 7.24. The highest BCUT2D eigenvalue weighted by molar-refractivity contribution is 5.92. The highest BCUT2D eigenvalue weighted by atomic mass is 16.4. The van der Waals surface area contributed by atoms with Crippen LogP contribution in [0.4, 0.5) is 0 Å². The SMILES string of the molecule is NC1CCN(CC(=O)N2CCNC(=O)C2CC(=O)O)CC1. The second-order valence-electron chi connectivity index (χ2n) is 5.61. The molecule has 21 heavy (non-hydrogen) atoms. The van der Waals surface area contributed by atoms with Crippen LogP contribution in [0.25, 0.3) is 0 Å². The molecule has 0 bridgehead atoms. The van der Waals surface area contributed by atoms with Crippen molar-refractivity contribution in [2.75, 3.05) is 32.7 Å². The van der Waals surface area contributed by atoms with Gasteiger partial charge in [-0.2, -0.15) is 0 Å². The van der Waals surface area contributed by atoms with Crippen LogP contribution in [0.3, 0.4) is 0 Å². The molecule has 0 radical (unpaired) electrons. The summed E-state index contributed by atoms with van der Waals surface area (Å²) in [6, 6.07) is -0.715. The molecule has 118 valence electrons. The Kier molecular flexibility index (Phi) is 5.13. The van der Waals surface area contributed by atoms with E-state index in [9.17, 15) is 14.4 Å². The first kappa shape index (κ1) is 15.7. The fourth-order valence-electron chi connectivity index (χ4n) is 2.77. The average Bonchev–Trinajstić information content (AvgIpc) is 2.43. The van der Waals surface area contributed by atoms with Crippen molar-refractivity contribution < 1.29 is 19.5 Å². The maximum atomic E-state index is 12.4. The Morgan fingerprint density at radius 1 is 1.29 bits per heavy atom. The van der Waals surface area contributed by atoms with Crippen LogP contribution in [0.15, 0.2) is 0 Å². The van der Waals surface area contributed by atoms with E-state index in [1.165, 1.54) is 4.90 Å². The van der Waals surface area contributed by atoms with Crippen molar-refractivity contribution in [3.8, 4) is 0 Å². The van der Waals surface area contributed by atoms with Gasteiger partial charge in [0.05, 0.1) is 13.0 Å². The molecule has 0 aliphatic carbocycles. The van der Waals surface area contributed by atoms with Gasteiger partial charge in [0, 0.05) is 32.2 Å². The highest BCUT2D eigenvalue weighted by Crippen LogP contribution is 2.12. The summed E-state index contributed by atoms with van der Waals surface area (Å²) in [5.41, 5.74) is 5.83. The smallest absolute Gasteiger partial charge is 0.305 e. The molecule has 8 heteroatoms. The molecular weight excluding hydrogens is 276 g/mol. The molecule has 1 atom stereocenters. The van der Waals surface area contributed by atoms with Crippen LogP contribution >= 0.6 is 0 Å². The number of piperazine rings is 1. The summed E-state index contributed by atoms with van der Waals surface area (Å²) >= 11 is 0. The summed E-state index contributed by atoms with van der Waals surface area (Å²) in [6.07, 6.45) is 1.35. The number of carboxylic acid groups (broad SMARTS) is 1. The van der Waals surface area contributed by atoms with Crippen LogP contribution in [0.2, 0.25) is 0 Å². The number of hydrogen-bond donors (Lipinski definition) is 3. The van der Waals surface area contributed by atoms with Gasteiger partial charge in [0.15, 0.2) is 0 Å². The van der Waals surface area contributed by atoms with E-state index in [4.69, 9.17) is 10.8 Å². The summed E-state index contributed by atoms with van der Waals surface area (Å²) < 4.78 is 0. The quantitative estimate of drug-likeness (QED) is 0.564. The van der Waals surface area contributed by atoms with Crippen molar-refractivity contribution in [3.63, 3.8) is 0 Å². The van der Waals surface area contributed by atoms with Crippen molar-refractivity contribution in [2.45, 2.75) is 31.3 Å². The lowest BCUT2D eigenvalue weighted by atomic mass is 10.1. The fraction of sp³-hybridized carbons (Fsp3) is 0.769. The van der Waals surface area contributed by atoms with Gasteiger partial charge in [-0.05, 0) is 12.8 Å². The number of amides is 2. The average molecular weight is 298 g/mol. The highest BCUT2D eigenvalue weighted by Gasteiger charge is 2.35. The summed E-state index contributed by atoms with van der Waals surface area (Å²) in [6.45, 7) is 2.46. The molecule has 0 aromatic heterocycles. The minimum absolute atomic E-state index is 0.188. The van der Waals surface area contributed by atoms with Crippen molar-refractivity contribution in [1.82, 2.24) is 15.1 Å². The standard InChI is InChI=1S/C13H22N4O4/c14-9-1-4-16(5-2-9)8-11(18)17-6-3-15-13(21)10(17)7-12(19)20/h9-10H,1-8,14H2,(H,15,21)(H,19,20). The third-order valence-corrected chi connectivity index (χ3v) is 4.01. The van der Waals surface area contributed by atoms with Gasteiger partial charge in [-0.3, -0.25) is 19.3 Å². The third-order valence-electron chi connectivity index (χ3n) is 4.01. The molecule has 2 aliphatic rings. The molecule has 0 saturated carbocycles. The molecule has 4 N–H and O–H groups in total. The van der Waals surface area contributed by atoms with E-state index < -0.39 is 17.9 Å². The molecule has 8 nitrogen and oxygen atoms in total. The van der Waals surface area contributed by atoms with Gasteiger partial charge in [0.1, 0.15) is 6.04 Å². The normalized spacial score (nSPS) is 24.7. The molecule has 2 amide bonds. The summed E-state index contributed by atoms with van der Waals surface area (Å²) in [5, 5.41) is 11.5. The lowest BCUT2D eigenvalue weighted by molar-refractivity contribution is -0.149. The third kappa shape index (κ3) is 4.15. The number of nitrogens with one attached hydrogen (secondary N) is 1. The molecule has 0 aromatic carbocycles. The molecule has 2 heterocycles. The second-order valence-corrected chi connectivity index (χ2v) is 5.61. The number of likely N-dealkylation sites (tertiary alicyclic amines) is 1. The monoisotopic (exact) mass is 298 g/mol. The Morgan fingerprint density at radius 3 is 2.57 bits per heavy atom. The fourth-order valence-corrected chi connectivity index (χ4v) is 2.77. The van der Waals surface area contributed by atoms with Gasteiger partial charge in [-0.25, -0.2) is 0 Å². The number of carbonyl (C=O) groups excluding carboxylic acids is 2. The molecule has 2 saturated heterocycles. The number of hydrogen-bond acceptors (Lipinski definition) is 5. The summed E-state index contributed by atoms with van der Waals surface area (Å²) in [7, 11) is 0. The number of carboxylic acids is 1. The van der Waals surface area contributed by atoms with Crippen molar-refractivity contribution in [2.24, 2.45) is 5.73 Å². The lowest BCUT2D eigenvalue weighted by Gasteiger charge is -2.37. The molecule has 2 fully saturated rings. The van der Waals surface area contributed by atoms with E-state index in [-0.39, 0.29) is 24.9 Å². The van der Waals surface area contributed by atoms with Crippen molar-refractivity contribution in [1.29, 1.82) is 0 Å².